The summed E-state index contributed by atoms with van der Waals surface area (Å²) in [6.07, 6.45) is 8.74. The summed E-state index contributed by atoms with van der Waals surface area (Å²) >= 11 is 0. The molecule has 0 spiro atoms. The van der Waals surface area contributed by atoms with Gasteiger partial charge >= 0.3 is 0 Å². The molecule has 152 valence electrons. The molecule has 0 saturated carbocycles. The maximum absolute atomic E-state index is 5.81. The molecule has 1 saturated heterocycles. The summed E-state index contributed by atoms with van der Waals surface area (Å²) in [7, 11) is 1.79. The van der Waals surface area contributed by atoms with Crippen molar-refractivity contribution < 1.29 is 9.47 Å². The van der Waals surface area contributed by atoms with Gasteiger partial charge in [0, 0.05) is 59.0 Å². The van der Waals surface area contributed by atoms with Crippen LogP contribution in [-0.2, 0) is 16.0 Å². The lowest BCUT2D eigenvalue weighted by atomic mass is 10.0. The molecule has 0 atom stereocenters. The first-order chi connectivity index (χ1) is 13.9. The van der Waals surface area contributed by atoms with Crippen LogP contribution in [-0.4, -0.2) is 55.5 Å². The van der Waals surface area contributed by atoms with Gasteiger partial charge in [-0.15, -0.1) is 0 Å². The third-order valence-corrected chi connectivity index (χ3v) is 4.90. The number of guanidine groups is 1. The second kappa shape index (κ2) is 11.5. The average molecular weight is 386 g/mol. The van der Waals surface area contributed by atoms with Gasteiger partial charge in [0.05, 0.1) is 12.0 Å². The van der Waals surface area contributed by atoms with E-state index >= 15 is 0 Å². The number of imidazole rings is 1. The minimum absolute atomic E-state index is 0.659. The van der Waals surface area contributed by atoms with Crippen molar-refractivity contribution >= 4 is 5.96 Å². The van der Waals surface area contributed by atoms with Crippen molar-refractivity contribution in [2.75, 3.05) is 40.0 Å². The Hall–Kier alpha value is -2.38. The number of nitrogens with one attached hydrogen (secondary N) is 2. The van der Waals surface area contributed by atoms with Crippen molar-refractivity contribution in [1.82, 2.24) is 20.2 Å². The molecule has 1 aliphatic rings. The zero-order valence-electron chi connectivity index (χ0n) is 16.6. The third kappa shape index (κ3) is 6.35. The number of nitrogens with zero attached hydrogens (tertiary/aromatic N) is 3. The highest BCUT2D eigenvalue weighted by Gasteiger charge is 2.13. The molecule has 1 aromatic carbocycles. The fourth-order valence-corrected chi connectivity index (χ4v) is 3.26. The van der Waals surface area contributed by atoms with Crippen LogP contribution in [0.3, 0.4) is 0 Å². The van der Waals surface area contributed by atoms with Gasteiger partial charge in [0.15, 0.2) is 5.96 Å². The summed E-state index contributed by atoms with van der Waals surface area (Å²) in [4.78, 5) is 8.44. The number of ether oxygens (including phenoxy) is 2. The number of rotatable bonds is 9. The van der Waals surface area contributed by atoms with Crippen molar-refractivity contribution in [1.29, 1.82) is 0 Å². The highest BCUT2D eigenvalue weighted by molar-refractivity contribution is 5.79. The zero-order valence-corrected chi connectivity index (χ0v) is 16.6. The summed E-state index contributed by atoms with van der Waals surface area (Å²) < 4.78 is 13.2. The molecule has 1 aromatic heterocycles. The van der Waals surface area contributed by atoms with Crippen LogP contribution in [0.1, 0.15) is 24.8 Å². The quantitative estimate of drug-likeness (QED) is 0.394. The molecule has 7 nitrogen and oxygen atoms in total. The number of aromatic nitrogens is 2. The molecular formula is C21H31N5O2. The van der Waals surface area contributed by atoms with Gasteiger partial charge in [0.1, 0.15) is 0 Å². The molecule has 0 aliphatic carbocycles. The number of para-hydroxylation sites is 1. The molecule has 0 unspecified atom stereocenters. The largest absolute Gasteiger partial charge is 0.381 e. The number of aliphatic imine (C=N–C) groups is 1. The maximum atomic E-state index is 5.81. The lowest BCUT2D eigenvalue weighted by Gasteiger charge is -2.21. The van der Waals surface area contributed by atoms with Crippen LogP contribution >= 0.6 is 0 Å². The van der Waals surface area contributed by atoms with Crippen molar-refractivity contribution in [3.05, 3.63) is 48.5 Å². The SMILES string of the molecule is CN=C(NCCCOCC1CCOCC1)NCc1ccccc1-n1ccnc1. The molecular weight excluding hydrogens is 354 g/mol. The van der Waals surface area contributed by atoms with Crippen molar-refractivity contribution in [3.63, 3.8) is 0 Å². The van der Waals surface area contributed by atoms with E-state index in [1.165, 1.54) is 5.56 Å². The average Bonchev–Trinajstić information content (AvgIpc) is 3.28. The lowest BCUT2D eigenvalue weighted by molar-refractivity contribution is 0.0203. The number of benzene rings is 1. The summed E-state index contributed by atoms with van der Waals surface area (Å²) in [5.74, 6) is 1.46. The molecule has 1 aliphatic heterocycles. The lowest BCUT2D eigenvalue weighted by Crippen LogP contribution is -2.37. The predicted octanol–water partition coefficient (Wildman–Crippen LogP) is 2.37. The predicted molar refractivity (Wildman–Crippen MR) is 111 cm³/mol. The molecule has 0 amide bonds. The van der Waals surface area contributed by atoms with Crippen LogP contribution in [0.5, 0.6) is 0 Å². The molecule has 0 radical (unpaired) electrons. The maximum Gasteiger partial charge on any atom is 0.191 e. The highest BCUT2D eigenvalue weighted by atomic mass is 16.5. The Morgan fingerprint density at radius 3 is 2.93 bits per heavy atom. The van der Waals surface area contributed by atoms with Gasteiger partial charge in [-0.05, 0) is 36.8 Å². The summed E-state index contributed by atoms with van der Waals surface area (Å²) in [5.41, 5.74) is 2.30. The summed E-state index contributed by atoms with van der Waals surface area (Å²) in [5, 5.41) is 6.73. The first kappa shape index (κ1) is 20.4. The van der Waals surface area contributed by atoms with Crippen molar-refractivity contribution in [3.8, 4) is 5.69 Å². The van der Waals surface area contributed by atoms with Gasteiger partial charge in [-0.3, -0.25) is 4.99 Å². The standard InChI is InChI=1S/C21H31N5O2/c1-22-21(24-9-4-12-28-16-18-7-13-27-14-8-18)25-15-19-5-2-3-6-20(19)26-11-10-23-17-26/h2-3,5-6,10-11,17-18H,4,7-9,12-16H2,1H3,(H2,22,24,25). The topological polar surface area (TPSA) is 72.7 Å². The third-order valence-electron chi connectivity index (χ3n) is 4.90. The Balaban J connectivity index is 1.35. The Morgan fingerprint density at radius 1 is 1.29 bits per heavy atom. The molecule has 3 rings (SSSR count). The van der Waals surface area contributed by atoms with Gasteiger partial charge < -0.3 is 24.7 Å². The van der Waals surface area contributed by atoms with E-state index in [2.05, 4.69) is 32.7 Å². The molecule has 2 N–H and O–H groups in total. The normalized spacial score (nSPS) is 15.5. The number of hydrogen-bond donors (Lipinski definition) is 2. The van der Waals surface area contributed by atoms with Gasteiger partial charge in [0.25, 0.3) is 0 Å². The van der Waals surface area contributed by atoms with Gasteiger partial charge in [-0.25, -0.2) is 4.98 Å². The Kier molecular flexibility index (Phi) is 8.33. The number of hydrogen-bond acceptors (Lipinski definition) is 4. The molecule has 0 bridgehead atoms. The molecule has 2 heterocycles. The minimum Gasteiger partial charge on any atom is -0.381 e. The highest BCUT2D eigenvalue weighted by Crippen LogP contribution is 2.15. The van der Waals surface area contributed by atoms with Crippen molar-refractivity contribution in [2.45, 2.75) is 25.8 Å². The molecule has 28 heavy (non-hydrogen) atoms. The Labute approximate surface area is 167 Å². The fraction of sp³-hybridized carbons (Fsp3) is 0.524. The minimum atomic E-state index is 0.659. The van der Waals surface area contributed by atoms with E-state index < -0.39 is 0 Å². The van der Waals surface area contributed by atoms with Crippen LogP contribution in [0, 0.1) is 5.92 Å². The first-order valence-corrected chi connectivity index (χ1v) is 10.0. The molecule has 7 heteroatoms. The molecule has 1 fully saturated rings. The van der Waals surface area contributed by atoms with Crippen LogP contribution in [0.25, 0.3) is 5.69 Å². The Bertz CT molecular complexity index is 711. The van der Waals surface area contributed by atoms with Gasteiger partial charge in [-0.2, -0.15) is 0 Å². The van der Waals surface area contributed by atoms with E-state index in [0.29, 0.717) is 12.5 Å². The monoisotopic (exact) mass is 385 g/mol. The summed E-state index contributed by atoms with van der Waals surface area (Å²) in [6.45, 7) is 4.89. The van der Waals surface area contributed by atoms with E-state index in [1.54, 1.807) is 13.2 Å². The van der Waals surface area contributed by atoms with Crippen LogP contribution in [0.2, 0.25) is 0 Å². The van der Waals surface area contributed by atoms with E-state index in [4.69, 9.17) is 9.47 Å². The van der Waals surface area contributed by atoms with Gasteiger partial charge in [-0.1, -0.05) is 18.2 Å². The second-order valence-corrected chi connectivity index (χ2v) is 6.94. The zero-order chi connectivity index (χ0) is 19.4. The van der Waals surface area contributed by atoms with E-state index in [9.17, 15) is 0 Å². The van der Waals surface area contributed by atoms with Crippen LogP contribution in [0.4, 0.5) is 0 Å². The van der Waals surface area contributed by atoms with E-state index in [0.717, 1.165) is 63.9 Å². The first-order valence-electron chi connectivity index (χ1n) is 10.0. The van der Waals surface area contributed by atoms with Crippen LogP contribution in [0.15, 0.2) is 48.0 Å². The second-order valence-electron chi connectivity index (χ2n) is 6.94. The van der Waals surface area contributed by atoms with Gasteiger partial charge in [0.2, 0.25) is 0 Å². The Morgan fingerprint density at radius 2 is 2.14 bits per heavy atom. The summed E-state index contributed by atoms with van der Waals surface area (Å²) in [6, 6.07) is 8.28. The molecule has 2 aromatic rings. The smallest absolute Gasteiger partial charge is 0.191 e. The van der Waals surface area contributed by atoms with Crippen LogP contribution < -0.4 is 10.6 Å². The van der Waals surface area contributed by atoms with E-state index in [1.807, 2.05) is 29.2 Å². The van der Waals surface area contributed by atoms with E-state index in [-0.39, 0.29) is 0 Å². The van der Waals surface area contributed by atoms with Crippen molar-refractivity contribution in [2.24, 2.45) is 10.9 Å². The fourth-order valence-electron chi connectivity index (χ4n) is 3.26.